The maximum atomic E-state index is 13.4. The molecule has 1 fully saturated rings. The highest BCUT2D eigenvalue weighted by atomic mass is 35.5. The highest BCUT2D eigenvalue weighted by Crippen LogP contribution is 2.39. The molecule has 3 aromatic heterocycles. The van der Waals surface area contributed by atoms with Gasteiger partial charge in [-0.15, -0.1) is 0 Å². The molecule has 1 saturated heterocycles. The van der Waals surface area contributed by atoms with Crippen molar-refractivity contribution in [1.82, 2.24) is 28.6 Å². The number of carbonyl (C=O) groups excluding carboxylic acids is 1. The van der Waals surface area contributed by atoms with Crippen LogP contribution in [0.25, 0.3) is 22.3 Å². The Morgan fingerprint density at radius 1 is 1.13 bits per heavy atom. The van der Waals surface area contributed by atoms with Crippen molar-refractivity contribution < 1.29 is 17.9 Å². The van der Waals surface area contributed by atoms with E-state index < -0.39 is 27.6 Å². The first-order chi connectivity index (χ1) is 22.1. The Balaban J connectivity index is 1.39. The number of methoxy groups -OCH3 is 1. The van der Waals surface area contributed by atoms with Crippen molar-refractivity contribution in [2.24, 2.45) is 0 Å². The number of rotatable bonds is 10. The molecule has 1 aliphatic heterocycles. The van der Waals surface area contributed by atoms with Gasteiger partial charge in [-0.25, -0.2) is 23.2 Å². The fourth-order valence-corrected chi connectivity index (χ4v) is 7.42. The second-order valence-corrected chi connectivity index (χ2v) is 13.9. The molecule has 4 heterocycles. The molecule has 0 spiro atoms. The number of carbonyl (C=O) groups is 1. The number of hydrogen-bond donors (Lipinski definition) is 1. The standard InChI is InChI=1S/C31H28Cl2N8O4S/c1-3-46(43,44)39-17-31(18-39,12-13-34)41-16-20(15-37-41)26-22-11-14-40(29(22)36-19-35-26)28(30(42)45-2)21-7-4-5-10-25(21)38-27-23(32)8-6-9-24(27)33/h4-11,14-16,19,28,38H,3,12,17-18H2,1-2H3. The van der Waals surface area contributed by atoms with Gasteiger partial charge in [0.05, 0.1) is 53.0 Å². The van der Waals surface area contributed by atoms with Crippen LogP contribution in [0.15, 0.2) is 73.4 Å². The van der Waals surface area contributed by atoms with Gasteiger partial charge in [-0.2, -0.15) is 14.7 Å². The van der Waals surface area contributed by atoms with E-state index in [-0.39, 0.29) is 25.3 Å². The second-order valence-electron chi connectivity index (χ2n) is 10.8. The molecule has 0 amide bonds. The van der Waals surface area contributed by atoms with Gasteiger partial charge in [-0.3, -0.25) is 4.68 Å². The van der Waals surface area contributed by atoms with Crippen LogP contribution in [0.5, 0.6) is 0 Å². The van der Waals surface area contributed by atoms with Crippen molar-refractivity contribution >= 4 is 61.6 Å². The molecule has 15 heteroatoms. The summed E-state index contributed by atoms with van der Waals surface area (Å²) < 4.78 is 34.8. The molecular weight excluding hydrogens is 651 g/mol. The fourth-order valence-electron chi connectivity index (χ4n) is 5.69. The number of hydrogen-bond acceptors (Lipinski definition) is 9. The van der Waals surface area contributed by atoms with E-state index in [1.54, 1.807) is 53.0 Å². The lowest BCUT2D eigenvalue weighted by Crippen LogP contribution is -2.64. The molecule has 12 nitrogen and oxygen atoms in total. The third kappa shape index (κ3) is 5.47. The summed E-state index contributed by atoms with van der Waals surface area (Å²) in [4.78, 5) is 22.5. The zero-order valence-electron chi connectivity index (χ0n) is 24.8. The number of anilines is 2. The first kappa shape index (κ1) is 31.5. The molecule has 1 N–H and O–H groups in total. The van der Waals surface area contributed by atoms with Gasteiger partial charge < -0.3 is 14.6 Å². The lowest BCUT2D eigenvalue weighted by molar-refractivity contribution is -0.143. The molecule has 6 rings (SSSR count). The molecule has 0 bridgehead atoms. The van der Waals surface area contributed by atoms with Gasteiger partial charge in [0.15, 0.2) is 6.04 Å². The van der Waals surface area contributed by atoms with Crippen LogP contribution in [0.4, 0.5) is 11.4 Å². The van der Waals surface area contributed by atoms with Crippen LogP contribution in [0.1, 0.15) is 24.9 Å². The van der Waals surface area contributed by atoms with E-state index in [1.807, 2.05) is 30.3 Å². The lowest BCUT2D eigenvalue weighted by Gasteiger charge is -2.47. The van der Waals surface area contributed by atoms with E-state index in [2.05, 4.69) is 26.5 Å². The summed E-state index contributed by atoms with van der Waals surface area (Å²) in [6.07, 6.45) is 6.62. The summed E-state index contributed by atoms with van der Waals surface area (Å²) in [6.45, 7) is 1.90. The summed E-state index contributed by atoms with van der Waals surface area (Å²) in [6, 6.07) is 15.5. The Bertz CT molecular complexity index is 2080. The van der Waals surface area contributed by atoms with Crippen molar-refractivity contribution in [2.45, 2.75) is 24.9 Å². The minimum atomic E-state index is -3.39. The Labute approximate surface area is 275 Å². The average Bonchev–Trinajstić information content (AvgIpc) is 3.70. The Kier molecular flexibility index (Phi) is 8.47. The number of ether oxygens (including phenoxy) is 1. The quantitative estimate of drug-likeness (QED) is 0.192. The lowest BCUT2D eigenvalue weighted by atomic mass is 9.89. The van der Waals surface area contributed by atoms with Crippen LogP contribution < -0.4 is 5.32 Å². The Morgan fingerprint density at radius 2 is 1.87 bits per heavy atom. The summed E-state index contributed by atoms with van der Waals surface area (Å²) in [7, 11) is -2.07. The number of halogens is 2. The zero-order valence-corrected chi connectivity index (χ0v) is 27.1. The molecular formula is C31H28Cl2N8O4S. The number of benzene rings is 2. The monoisotopic (exact) mass is 678 g/mol. The van der Waals surface area contributed by atoms with Gasteiger partial charge in [0, 0.05) is 47.7 Å². The van der Waals surface area contributed by atoms with E-state index in [1.165, 1.54) is 17.7 Å². The predicted molar refractivity (Wildman–Crippen MR) is 174 cm³/mol. The summed E-state index contributed by atoms with van der Waals surface area (Å²) in [5.74, 6) is -0.545. The number of fused-ring (bicyclic) bond motifs is 1. The van der Waals surface area contributed by atoms with Crippen molar-refractivity contribution in [2.75, 3.05) is 31.3 Å². The first-order valence-corrected chi connectivity index (χ1v) is 16.6. The van der Waals surface area contributed by atoms with Crippen LogP contribution in [0.3, 0.4) is 0 Å². The highest BCUT2D eigenvalue weighted by Gasteiger charge is 2.49. The van der Waals surface area contributed by atoms with Crippen LogP contribution in [-0.2, 0) is 25.1 Å². The minimum Gasteiger partial charge on any atom is -0.467 e. The maximum Gasteiger partial charge on any atom is 0.333 e. The molecule has 1 atom stereocenters. The van der Waals surface area contributed by atoms with Crippen molar-refractivity contribution in [3.05, 3.63) is 89.1 Å². The van der Waals surface area contributed by atoms with Crippen molar-refractivity contribution in [3.8, 4) is 17.3 Å². The number of para-hydroxylation sites is 2. The van der Waals surface area contributed by atoms with Crippen LogP contribution in [0, 0.1) is 11.3 Å². The number of sulfonamides is 1. The van der Waals surface area contributed by atoms with E-state index in [4.69, 9.17) is 27.9 Å². The fraction of sp³-hybridized carbons (Fsp3) is 0.258. The van der Waals surface area contributed by atoms with Gasteiger partial charge in [-0.05, 0) is 31.2 Å². The molecule has 236 valence electrons. The molecule has 2 aromatic carbocycles. The third-order valence-corrected chi connectivity index (χ3v) is 10.5. The second kappa shape index (κ2) is 12.4. The molecule has 0 radical (unpaired) electrons. The molecule has 5 aromatic rings. The van der Waals surface area contributed by atoms with Crippen LogP contribution in [0.2, 0.25) is 10.0 Å². The Hall–Kier alpha value is -4.48. The van der Waals surface area contributed by atoms with E-state index in [0.29, 0.717) is 49.3 Å². The summed E-state index contributed by atoms with van der Waals surface area (Å²) in [5.41, 5.74) is 2.55. The minimum absolute atomic E-state index is 0.0171. The summed E-state index contributed by atoms with van der Waals surface area (Å²) in [5, 5.41) is 18.8. The van der Waals surface area contributed by atoms with Crippen LogP contribution in [-0.4, -0.2) is 69.0 Å². The topological polar surface area (TPSA) is 148 Å². The SMILES string of the molecule is CCS(=O)(=O)N1CC(CC#N)(n2cc(-c3ncnc4c3ccn4C(C(=O)OC)c3ccccc3Nc3c(Cl)cccc3Cl)cn2)C1. The average molecular weight is 680 g/mol. The predicted octanol–water partition coefficient (Wildman–Crippen LogP) is 5.38. The Morgan fingerprint density at radius 3 is 2.57 bits per heavy atom. The normalized spacial score (nSPS) is 15.2. The van der Waals surface area contributed by atoms with E-state index in [0.717, 1.165) is 0 Å². The smallest absolute Gasteiger partial charge is 0.333 e. The highest BCUT2D eigenvalue weighted by molar-refractivity contribution is 7.89. The third-order valence-electron chi connectivity index (χ3n) is 8.14. The zero-order chi connectivity index (χ0) is 32.6. The number of nitrogens with one attached hydrogen (secondary N) is 1. The van der Waals surface area contributed by atoms with Gasteiger partial charge >= 0.3 is 5.97 Å². The van der Waals surface area contributed by atoms with Crippen molar-refractivity contribution in [1.29, 1.82) is 5.26 Å². The van der Waals surface area contributed by atoms with Gasteiger partial charge in [0.1, 0.15) is 17.5 Å². The number of nitrogens with zero attached hydrogens (tertiary/aromatic N) is 7. The van der Waals surface area contributed by atoms with E-state index >= 15 is 0 Å². The van der Waals surface area contributed by atoms with Gasteiger partial charge in [-0.1, -0.05) is 47.5 Å². The van der Waals surface area contributed by atoms with E-state index in [9.17, 15) is 18.5 Å². The van der Waals surface area contributed by atoms with Crippen LogP contribution >= 0.6 is 23.2 Å². The molecule has 0 aliphatic carbocycles. The number of esters is 1. The van der Waals surface area contributed by atoms with Crippen molar-refractivity contribution in [3.63, 3.8) is 0 Å². The molecule has 1 unspecified atom stereocenters. The largest absolute Gasteiger partial charge is 0.467 e. The number of aromatic nitrogens is 5. The van der Waals surface area contributed by atoms with Gasteiger partial charge in [0.25, 0.3) is 0 Å². The first-order valence-electron chi connectivity index (χ1n) is 14.2. The molecule has 1 aliphatic rings. The van der Waals surface area contributed by atoms with Gasteiger partial charge in [0.2, 0.25) is 10.0 Å². The number of nitriles is 1. The summed E-state index contributed by atoms with van der Waals surface area (Å²) >= 11 is 12.9. The maximum absolute atomic E-state index is 13.4. The molecule has 0 saturated carbocycles. The molecule has 46 heavy (non-hydrogen) atoms.